The molecule has 7 heteroatoms. The van der Waals surface area contributed by atoms with Crippen LogP contribution in [0.15, 0.2) is 0 Å². The van der Waals surface area contributed by atoms with Crippen LogP contribution in [0, 0.1) is 5.41 Å². The van der Waals surface area contributed by atoms with Gasteiger partial charge in [0.2, 0.25) is 5.91 Å². The number of nitrogens with zero attached hydrogens (tertiary/aromatic N) is 1. The summed E-state index contributed by atoms with van der Waals surface area (Å²) < 4.78 is 40.1. The average molecular weight is 284 g/mol. The first-order chi connectivity index (χ1) is 8.61. The first kappa shape index (κ1) is 18.2. The SMILES string of the molecule is CCCN(CC(C)(C)CN)C(=O)COCC(F)(F)F. The molecule has 0 fully saturated rings. The molecule has 0 aliphatic heterocycles. The highest BCUT2D eigenvalue weighted by atomic mass is 19.4. The molecule has 0 saturated heterocycles. The second-order valence-electron chi connectivity index (χ2n) is 5.29. The third-order valence-corrected chi connectivity index (χ3v) is 2.51. The molecule has 0 aromatic carbocycles. The Balaban J connectivity index is 4.34. The lowest BCUT2D eigenvalue weighted by molar-refractivity contribution is -0.178. The summed E-state index contributed by atoms with van der Waals surface area (Å²) >= 11 is 0. The Labute approximate surface area is 112 Å². The van der Waals surface area contributed by atoms with Crippen molar-refractivity contribution in [1.29, 1.82) is 0 Å². The molecule has 0 aliphatic carbocycles. The van der Waals surface area contributed by atoms with Gasteiger partial charge in [-0.05, 0) is 18.4 Å². The molecule has 4 nitrogen and oxygen atoms in total. The van der Waals surface area contributed by atoms with E-state index in [1.807, 2.05) is 20.8 Å². The molecule has 0 aliphatic rings. The maximum absolute atomic E-state index is 11.9. The molecule has 0 heterocycles. The molecular formula is C12H23F3N2O2. The lowest BCUT2D eigenvalue weighted by atomic mass is 9.93. The molecule has 0 atom stereocenters. The van der Waals surface area contributed by atoms with Crippen molar-refractivity contribution in [1.82, 2.24) is 4.90 Å². The predicted molar refractivity (Wildman–Crippen MR) is 66.6 cm³/mol. The largest absolute Gasteiger partial charge is 0.411 e. The van der Waals surface area contributed by atoms with Gasteiger partial charge >= 0.3 is 6.18 Å². The first-order valence-corrected chi connectivity index (χ1v) is 6.23. The quantitative estimate of drug-likeness (QED) is 0.739. The van der Waals surface area contributed by atoms with Crippen LogP contribution in [0.4, 0.5) is 13.2 Å². The van der Waals surface area contributed by atoms with Gasteiger partial charge in [-0.3, -0.25) is 4.79 Å². The summed E-state index contributed by atoms with van der Waals surface area (Å²) in [6.45, 7) is 5.03. The van der Waals surface area contributed by atoms with Crippen LogP contribution < -0.4 is 5.73 Å². The Morgan fingerprint density at radius 1 is 1.32 bits per heavy atom. The Hall–Kier alpha value is -0.820. The van der Waals surface area contributed by atoms with Crippen LogP contribution in [0.2, 0.25) is 0 Å². The van der Waals surface area contributed by atoms with Crippen LogP contribution in [-0.2, 0) is 9.53 Å². The molecular weight excluding hydrogens is 261 g/mol. The number of carbonyl (C=O) groups is 1. The minimum absolute atomic E-state index is 0.269. The second-order valence-corrected chi connectivity index (χ2v) is 5.29. The molecule has 0 aromatic heterocycles. The van der Waals surface area contributed by atoms with E-state index in [0.717, 1.165) is 6.42 Å². The van der Waals surface area contributed by atoms with Crippen molar-refractivity contribution in [2.75, 3.05) is 32.8 Å². The standard InChI is InChI=1S/C12H23F3N2O2/c1-4-5-17(8-11(2,3)7-16)10(18)6-19-9-12(13,14)15/h4-9,16H2,1-3H3. The minimum Gasteiger partial charge on any atom is -0.362 e. The van der Waals surface area contributed by atoms with Gasteiger partial charge in [0.15, 0.2) is 0 Å². The van der Waals surface area contributed by atoms with Crippen LogP contribution in [0.3, 0.4) is 0 Å². The highest BCUT2D eigenvalue weighted by molar-refractivity contribution is 5.77. The maximum atomic E-state index is 11.9. The summed E-state index contributed by atoms with van der Waals surface area (Å²) in [7, 11) is 0. The highest BCUT2D eigenvalue weighted by Gasteiger charge is 2.29. The number of carbonyl (C=O) groups excluding carboxylic acids is 1. The summed E-state index contributed by atoms with van der Waals surface area (Å²) in [5, 5.41) is 0. The lowest BCUT2D eigenvalue weighted by Crippen LogP contribution is -2.44. The fourth-order valence-corrected chi connectivity index (χ4v) is 1.49. The topological polar surface area (TPSA) is 55.6 Å². The number of nitrogens with two attached hydrogens (primary N) is 1. The Morgan fingerprint density at radius 3 is 2.32 bits per heavy atom. The van der Waals surface area contributed by atoms with Gasteiger partial charge in [0.05, 0.1) is 0 Å². The zero-order valence-electron chi connectivity index (χ0n) is 11.7. The maximum Gasteiger partial charge on any atom is 0.411 e. The smallest absolute Gasteiger partial charge is 0.362 e. The molecule has 0 bridgehead atoms. The van der Waals surface area contributed by atoms with Crippen molar-refractivity contribution in [2.24, 2.45) is 11.1 Å². The van der Waals surface area contributed by atoms with E-state index >= 15 is 0 Å². The van der Waals surface area contributed by atoms with E-state index in [9.17, 15) is 18.0 Å². The summed E-state index contributed by atoms with van der Waals surface area (Å²) in [5.41, 5.74) is 5.32. The van der Waals surface area contributed by atoms with Crippen molar-refractivity contribution in [3.05, 3.63) is 0 Å². The van der Waals surface area contributed by atoms with Crippen molar-refractivity contribution >= 4 is 5.91 Å². The van der Waals surface area contributed by atoms with E-state index in [4.69, 9.17) is 5.73 Å². The molecule has 0 radical (unpaired) electrons. The fraction of sp³-hybridized carbons (Fsp3) is 0.917. The van der Waals surface area contributed by atoms with Gasteiger partial charge in [-0.2, -0.15) is 13.2 Å². The zero-order chi connectivity index (χ0) is 15.1. The number of halogens is 3. The summed E-state index contributed by atoms with van der Waals surface area (Å²) in [4.78, 5) is 13.3. The molecule has 19 heavy (non-hydrogen) atoms. The molecule has 0 saturated carbocycles. The molecule has 0 unspecified atom stereocenters. The van der Waals surface area contributed by atoms with Crippen LogP contribution in [0.1, 0.15) is 27.2 Å². The highest BCUT2D eigenvalue weighted by Crippen LogP contribution is 2.16. The first-order valence-electron chi connectivity index (χ1n) is 6.23. The summed E-state index contributed by atoms with van der Waals surface area (Å²) in [6, 6.07) is 0. The van der Waals surface area contributed by atoms with Crippen LogP contribution in [0.25, 0.3) is 0 Å². The van der Waals surface area contributed by atoms with E-state index in [0.29, 0.717) is 19.6 Å². The van der Waals surface area contributed by atoms with Gasteiger partial charge in [-0.25, -0.2) is 0 Å². The number of hydrogen-bond donors (Lipinski definition) is 1. The molecule has 2 N–H and O–H groups in total. The number of rotatable bonds is 8. The van der Waals surface area contributed by atoms with Gasteiger partial charge in [-0.1, -0.05) is 20.8 Å². The summed E-state index contributed by atoms with van der Waals surface area (Å²) in [6.07, 6.45) is -3.68. The number of alkyl halides is 3. The van der Waals surface area contributed by atoms with E-state index in [1.54, 1.807) is 0 Å². The second kappa shape index (κ2) is 7.69. The molecule has 1 amide bonds. The number of ether oxygens (including phenoxy) is 1. The minimum atomic E-state index is -4.41. The van der Waals surface area contributed by atoms with Crippen molar-refractivity contribution in [3.63, 3.8) is 0 Å². The van der Waals surface area contributed by atoms with Crippen LogP contribution >= 0.6 is 0 Å². The van der Waals surface area contributed by atoms with E-state index in [1.165, 1.54) is 4.90 Å². The van der Waals surface area contributed by atoms with Gasteiger partial charge in [-0.15, -0.1) is 0 Å². The molecule has 0 rings (SSSR count). The van der Waals surface area contributed by atoms with Gasteiger partial charge in [0.25, 0.3) is 0 Å². The van der Waals surface area contributed by atoms with Crippen molar-refractivity contribution in [3.8, 4) is 0 Å². The fourth-order valence-electron chi connectivity index (χ4n) is 1.49. The monoisotopic (exact) mass is 284 g/mol. The molecule has 114 valence electrons. The van der Waals surface area contributed by atoms with Crippen LogP contribution in [-0.4, -0.2) is 49.8 Å². The third kappa shape index (κ3) is 8.83. The van der Waals surface area contributed by atoms with E-state index in [-0.39, 0.29) is 5.41 Å². The van der Waals surface area contributed by atoms with Gasteiger partial charge in [0, 0.05) is 13.1 Å². The van der Waals surface area contributed by atoms with Crippen LogP contribution in [0.5, 0.6) is 0 Å². The van der Waals surface area contributed by atoms with Gasteiger partial charge in [0.1, 0.15) is 13.2 Å². The van der Waals surface area contributed by atoms with E-state index in [2.05, 4.69) is 4.74 Å². The Bertz CT molecular complexity index is 281. The van der Waals surface area contributed by atoms with Crippen molar-refractivity contribution < 1.29 is 22.7 Å². The number of hydrogen-bond acceptors (Lipinski definition) is 3. The van der Waals surface area contributed by atoms with Crippen molar-refractivity contribution in [2.45, 2.75) is 33.4 Å². The average Bonchev–Trinajstić information content (AvgIpc) is 2.26. The zero-order valence-corrected chi connectivity index (χ0v) is 11.7. The normalized spacial score (nSPS) is 12.6. The summed E-state index contributed by atoms with van der Waals surface area (Å²) in [5.74, 6) is -0.437. The molecule has 0 aromatic rings. The Kier molecular flexibility index (Phi) is 7.36. The van der Waals surface area contributed by atoms with Gasteiger partial charge < -0.3 is 15.4 Å². The van der Waals surface area contributed by atoms with E-state index < -0.39 is 25.3 Å². The third-order valence-electron chi connectivity index (χ3n) is 2.51. The number of amides is 1. The molecule has 0 spiro atoms. The Morgan fingerprint density at radius 2 is 1.89 bits per heavy atom. The predicted octanol–water partition coefficient (Wildman–Crippen LogP) is 1.79. The lowest BCUT2D eigenvalue weighted by Gasteiger charge is -2.31.